The van der Waals surface area contributed by atoms with Crippen LogP contribution in [-0.4, -0.2) is 40.8 Å². The molecule has 1 aliphatic heterocycles. The van der Waals surface area contributed by atoms with Gasteiger partial charge in [0, 0.05) is 19.5 Å². The number of aromatic nitrogens is 2. The molecule has 0 atom stereocenters. The van der Waals surface area contributed by atoms with Gasteiger partial charge in [0.05, 0.1) is 41.6 Å². The van der Waals surface area contributed by atoms with Crippen molar-refractivity contribution >= 4 is 11.9 Å². The quantitative estimate of drug-likeness (QED) is 0.557. The normalized spacial score (nSPS) is 12.5. The van der Waals surface area contributed by atoms with E-state index in [1.54, 1.807) is 0 Å². The van der Waals surface area contributed by atoms with Crippen molar-refractivity contribution in [2.75, 3.05) is 25.6 Å². The second-order valence-electron chi connectivity index (χ2n) is 7.86. The molecule has 0 unspecified atom stereocenters. The van der Waals surface area contributed by atoms with Crippen LogP contribution < -0.4 is 20.5 Å². The van der Waals surface area contributed by atoms with Gasteiger partial charge in [0.2, 0.25) is 5.95 Å². The van der Waals surface area contributed by atoms with Gasteiger partial charge in [-0.15, -0.1) is 4.73 Å². The van der Waals surface area contributed by atoms with Crippen molar-refractivity contribution in [3.63, 3.8) is 0 Å². The third kappa shape index (κ3) is 4.94. The van der Waals surface area contributed by atoms with E-state index in [1.807, 2.05) is 37.3 Å². The van der Waals surface area contributed by atoms with E-state index in [0.717, 1.165) is 22.1 Å². The Kier molecular flexibility index (Phi) is 6.96. The van der Waals surface area contributed by atoms with Crippen LogP contribution in [0.2, 0.25) is 0 Å². The highest BCUT2D eigenvalue weighted by Crippen LogP contribution is 2.21. The number of halogens is 1. The average molecular weight is 477 g/mol. The number of hydrogen-bond donors (Lipinski definition) is 1. The van der Waals surface area contributed by atoms with Crippen LogP contribution in [0.1, 0.15) is 39.7 Å². The Labute approximate surface area is 201 Å². The number of carbonyl (C=O) groups is 1. The monoisotopic (exact) mass is 477 g/mol. The van der Waals surface area contributed by atoms with Crippen LogP contribution in [0.4, 0.5) is 10.3 Å². The molecule has 0 bridgehead atoms. The molecule has 0 fully saturated rings. The summed E-state index contributed by atoms with van der Waals surface area (Å²) in [5.74, 6) is -0.306. The van der Waals surface area contributed by atoms with E-state index < -0.39 is 17.3 Å². The van der Waals surface area contributed by atoms with Crippen LogP contribution in [0.25, 0.3) is 0 Å². The van der Waals surface area contributed by atoms with Crippen molar-refractivity contribution in [3.05, 3.63) is 86.6 Å². The number of nitrogens with one attached hydrogen (secondary N) is 1. The van der Waals surface area contributed by atoms with Gasteiger partial charge >= 0.3 is 0 Å². The molecule has 4 rings (SSSR count). The summed E-state index contributed by atoms with van der Waals surface area (Å²) in [5.41, 5.74) is 1.37. The summed E-state index contributed by atoms with van der Waals surface area (Å²) in [7, 11) is 1.36. The lowest BCUT2D eigenvalue weighted by Gasteiger charge is -2.29. The summed E-state index contributed by atoms with van der Waals surface area (Å²) in [4.78, 5) is 37.3. The van der Waals surface area contributed by atoms with Gasteiger partial charge in [0.1, 0.15) is 18.7 Å². The molecule has 35 heavy (non-hydrogen) atoms. The minimum absolute atomic E-state index is 0.0258. The van der Waals surface area contributed by atoms with Crippen molar-refractivity contribution in [2.24, 2.45) is 0 Å². The molecule has 0 radical (unpaired) electrons. The summed E-state index contributed by atoms with van der Waals surface area (Å²) >= 11 is 0. The zero-order valence-electron chi connectivity index (χ0n) is 19.4. The fourth-order valence-corrected chi connectivity index (χ4v) is 3.89. The van der Waals surface area contributed by atoms with E-state index in [9.17, 15) is 14.0 Å². The number of benzene rings is 2. The van der Waals surface area contributed by atoms with E-state index >= 15 is 0 Å². The lowest BCUT2D eigenvalue weighted by molar-refractivity contribution is 0.0723. The second kappa shape index (κ2) is 10.3. The number of nitriles is 1. The summed E-state index contributed by atoms with van der Waals surface area (Å²) in [6.07, 6.45) is 0.330. The highest BCUT2D eigenvalue weighted by Gasteiger charge is 2.28. The molecule has 1 aromatic heterocycles. The van der Waals surface area contributed by atoms with Crippen LogP contribution in [0.3, 0.4) is 0 Å². The molecule has 2 aromatic carbocycles. The molecular weight excluding hydrogens is 453 g/mol. The SMILES string of the molecule is CCOc1ccc(CNc2nc3c(c(=O)n2OC)CN(C(=O)c2ccc(C#N)cc2F)CC3)cc1. The topological polar surface area (TPSA) is 109 Å². The molecule has 0 aliphatic carbocycles. The molecule has 1 aliphatic rings. The molecule has 2 heterocycles. The number of amides is 1. The van der Waals surface area contributed by atoms with E-state index in [4.69, 9.17) is 14.8 Å². The van der Waals surface area contributed by atoms with Gasteiger partial charge in [0.15, 0.2) is 0 Å². The zero-order valence-corrected chi connectivity index (χ0v) is 19.4. The first kappa shape index (κ1) is 23.8. The summed E-state index contributed by atoms with van der Waals surface area (Å²) < 4.78 is 20.9. The average Bonchev–Trinajstić information content (AvgIpc) is 2.88. The maximum absolute atomic E-state index is 14.4. The van der Waals surface area contributed by atoms with Crippen LogP contribution in [-0.2, 0) is 19.5 Å². The fraction of sp³-hybridized carbons (Fsp3) is 0.280. The molecule has 10 heteroatoms. The minimum Gasteiger partial charge on any atom is -0.494 e. The van der Waals surface area contributed by atoms with Gasteiger partial charge in [-0.2, -0.15) is 5.26 Å². The number of ether oxygens (including phenoxy) is 1. The van der Waals surface area contributed by atoms with Crippen molar-refractivity contribution in [1.82, 2.24) is 14.6 Å². The number of hydrogen-bond acceptors (Lipinski definition) is 7. The van der Waals surface area contributed by atoms with Crippen molar-refractivity contribution in [1.29, 1.82) is 5.26 Å². The molecule has 0 saturated carbocycles. The molecular formula is C25H24FN5O4. The molecule has 0 saturated heterocycles. The van der Waals surface area contributed by atoms with Crippen molar-refractivity contribution in [2.45, 2.75) is 26.4 Å². The number of carbonyl (C=O) groups excluding carboxylic acids is 1. The number of nitrogens with zero attached hydrogens (tertiary/aromatic N) is 4. The second-order valence-corrected chi connectivity index (χ2v) is 7.86. The Morgan fingerprint density at radius 1 is 1.26 bits per heavy atom. The summed E-state index contributed by atoms with van der Waals surface area (Å²) in [6, 6.07) is 13.1. The largest absolute Gasteiger partial charge is 0.494 e. The van der Waals surface area contributed by atoms with Crippen LogP contribution >= 0.6 is 0 Å². The van der Waals surface area contributed by atoms with E-state index in [2.05, 4.69) is 10.3 Å². The van der Waals surface area contributed by atoms with Gasteiger partial charge in [0.25, 0.3) is 11.5 Å². The Hall–Kier alpha value is -4.39. The fourth-order valence-electron chi connectivity index (χ4n) is 3.89. The summed E-state index contributed by atoms with van der Waals surface area (Å²) in [5, 5.41) is 12.0. The van der Waals surface area contributed by atoms with Gasteiger partial charge in [-0.25, -0.2) is 9.37 Å². The highest BCUT2D eigenvalue weighted by atomic mass is 19.1. The van der Waals surface area contributed by atoms with Gasteiger partial charge in [-0.1, -0.05) is 12.1 Å². The van der Waals surface area contributed by atoms with E-state index in [1.165, 1.54) is 24.1 Å². The summed E-state index contributed by atoms with van der Waals surface area (Å²) in [6.45, 7) is 3.16. The maximum Gasteiger partial charge on any atom is 0.293 e. The Morgan fingerprint density at radius 3 is 2.69 bits per heavy atom. The third-order valence-corrected chi connectivity index (χ3v) is 5.68. The first-order chi connectivity index (χ1) is 16.9. The van der Waals surface area contributed by atoms with Gasteiger partial charge in [-0.3, -0.25) is 9.59 Å². The smallest absolute Gasteiger partial charge is 0.293 e. The molecule has 3 aromatic rings. The Balaban J connectivity index is 1.54. The standard InChI is InChI=1S/C25H24FN5O4/c1-3-35-18-7-4-16(5-8-18)14-28-25-29-22-10-11-30(15-20(22)24(33)31(25)34-2)23(32)19-9-6-17(13-27)12-21(19)26/h4-9,12H,3,10-11,14-15H2,1-2H3,(H,28,29). The van der Waals surface area contributed by atoms with Crippen LogP contribution in [0, 0.1) is 17.1 Å². The Bertz CT molecular complexity index is 1350. The maximum atomic E-state index is 14.4. The van der Waals surface area contributed by atoms with Gasteiger partial charge < -0.3 is 19.8 Å². The first-order valence-corrected chi connectivity index (χ1v) is 11.1. The Morgan fingerprint density at radius 2 is 2.03 bits per heavy atom. The van der Waals surface area contributed by atoms with Crippen molar-refractivity contribution in [3.8, 4) is 11.8 Å². The number of anilines is 1. The van der Waals surface area contributed by atoms with Crippen molar-refractivity contribution < 1.29 is 18.8 Å². The molecule has 0 spiro atoms. The van der Waals surface area contributed by atoms with Gasteiger partial charge in [-0.05, 0) is 42.8 Å². The number of rotatable bonds is 7. The first-order valence-electron chi connectivity index (χ1n) is 11.1. The molecule has 1 amide bonds. The molecule has 180 valence electrons. The zero-order chi connectivity index (χ0) is 24.9. The van der Waals surface area contributed by atoms with Crippen LogP contribution in [0.5, 0.6) is 5.75 Å². The lowest BCUT2D eigenvalue weighted by atomic mass is 10.0. The molecule has 1 N–H and O–H groups in total. The third-order valence-electron chi connectivity index (χ3n) is 5.68. The van der Waals surface area contributed by atoms with E-state index in [-0.39, 0.29) is 30.2 Å². The minimum atomic E-state index is -0.777. The molecule has 9 nitrogen and oxygen atoms in total. The predicted octanol–water partition coefficient (Wildman–Crippen LogP) is 2.52. The lowest BCUT2D eigenvalue weighted by Crippen LogP contribution is -2.42. The highest BCUT2D eigenvalue weighted by molar-refractivity contribution is 5.94. The van der Waals surface area contributed by atoms with Crippen LogP contribution in [0.15, 0.2) is 47.3 Å². The van der Waals surface area contributed by atoms with E-state index in [0.29, 0.717) is 30.8 Å². The predicted molar refractivity (Wildman–Crippen MR) is 125 cm³/mol. The number of fused-ring (bicyclic) bond motifs is 1.